The van der Waals surface area contributed by atoms with E-state index in [1.165, 1.54) is 15.4 Å². The maximum atomic E-state index is 11.0. The highest BCUT2D eigenvalue weighted by Gasteiger charge is 2.25. The third-order valence-electron chi connectivity index (χ3n) is 3.95. The quantitative estimate of drug-likeness (QED) is 0.839. The number of nitrogens with zero attached hydrogens (tertiary/aromatic N) is 1. The van der Waals surface area contributed by atoms with Gasteiger partial charge in [0.15, 0.2) is 0 Å². The van der Waals surface area contributed by atoms with E-state index in [0.717, 1.165) is 16.9 Å². The Kier molecular flexibility index (Phi) is 4.40. The predicted molar refractivity (Wildman–Crippen MR) is 94.5 cm³/mol. The van der Waals surface area contributed by atoms with Gasteiger partial charge in [0, 0.05) is 16.3 Å². The van der Waals surface area contributed by atoms with Crippen molar-refractivity contribution < 1.29 is 13.0 Å². The monoisotopic (exact) mass is 349 g/mol. The highest BCUT2D eigenvalue weighted by Crippen LogP contribution is 2.50. The largest absolute Gasteiger partial charge is 0.339 e. The van der Waals surface area contributed by atoms with Crippen LogP contribution < -0.4 is 4.90 Å². The highest BCUT2D eigenvalue weighted by molar-refractivity contribution is 7.99. The van der Waals surface area contributed by atoms with Gasteiger partial charge in [0.1, 0.15) is 0 Å². The Morgan fingerprint density at radius 2 is 1.78 bits per heavy atom. The van der Waals surface area contributed by atoms with Gasteiger partial charge in [0.2, 0.25) is 0 Å². The molecule has 1 aliphatic rings. The third-order valence-corrected chi connectivity index (χ3v) is 6.04. The van der Waals surface area contributed by atoms with Crippen molar-refractivity contribution in [1.29, 1.82) is 0 Å². The van der Waals surface area contributed by atoms with Crippen LogP contribution in [0.1, 0.15) is 17.5 Å². The maximum absolute atomic E-state index is 11.0. The summed E-state index contributed by atoms with van der Waals surface area (Å²) in [4.78, 5) is 4.56. The number of fused-ring (bicyclic) bond motifs is 2. The molecule has 0 aromatic heterocycles. The lowest BCUT2D eigenvalue weighted by atomic mass is 10.1. The Hall–Kier alpha value is -1.50. The van der Waals surface area contributed by atoms with E-state index >= 15 is 0 Å². The van der Waals surface area contributed by atoms with E-state index in [0.29, 0.717) is 13.0 Å². The van der Waals surface area contributed by atoms with Crippen molar-refractivity contribution in [2.75, 3.05) is 17.2 Å². The van der Waals surface area contributed by atoms with Crippen LogP contribution in [0.5, 0.6) is 0 Å². The van der Waals surface area contributed by atoms with Crippen molar-refractivity contribution in [1.82, 2.24) is 0 Å². The number of aryl methyl sites for hydroxylation is 2. The molecule has 1 heterocycles. The Balaban J connectivity index is 2.02. The molecule has 0 saturated carbocycles. The summed E-state index contributed by atoms with van der Waals surface area (Å²) in [6, 6.07) is 12.4. The van der Waals surface area contributed by atoms with Gasteiger partial charge in [-0.25, -0.2) is 0 Å². The fourth-order valence-corrected chi connectivity index (χ4v) is 4.65. The van der Waals surface area contributed by atoms with E-state index in [4.69, 9.17) is 4.55 Å². The molecule has 6 heteroatoms. The van der Waals surface area contributed by atoms with Gasteiger partial charge in [-0.15, -0.1) is 0 Å². The molecule has 122 valence electrons. The standard InChI is InChI=1S/C17H19NO3S2/c1-12-6-4-9-15-16(12)18(10-5-11-23(19,20)21)14-8-3-7-13(2)17(14)22-15/h3-4,6-9H,5,10-11H2,1-2H3,(H,19,20,21). The average Bonchev–Trinajstić information content (AvgIpc) is 2.46. The number of anilines is 2. The average molecular weight is 349 g/mol. The molecule has 2 aromatic rings. The van der Waals surface area contributed by atoms with Crippen LogP contribution in [-0.4, -0.2) is 25.3 Å². The minimum Gasteiger partial charge on any atom is -0.339 e. The molecule has 0 amide bonds. The van der Waals surface area contributed by atoms with E-state index in [2.05, 4.69) is 43.0 Å². The van der Waals surface area contributed by atoms with Crippen LogP contribution in [0.3, 0.4) is 0 Å². The van der Waals surface area contributed by atoms with Gasteiger partial charge >= 0.3 is 0 Å². The van der Waals surface area contributed by atoms with E-state index in [-0.39, 0.29) is 5.75 Å². The summed E-state index contributed by atoms with van der Waals surface area (Å²) >= 11 is 1.76. The molecular formula is C17H19NO3S2. The number of hydrogen-bond donors (Lipinski definition) is 1. The first-order valence-electron chi connectivity index (χ1n) is 7.46. The van der Waals surface area contributed by atoms with Gasteiger partial charge in [-0.2, -0.15) is 8.42 Å². The van der Waals surface area contributed by atoms with Crippen molar-refractivity contribution in [3.8, 4) is 0 Å². The molecule has 1 N–H and O–H groups in total. The number of rotatable bonds is 4. The zero-order valence-corrected chi connectivity index (χ0v) is 14.7. The van der Waals surface area contributed by atoms with Crippen LogP contribution >= 0.6 is 11.8 Å². The molecule has 0 bridgehead atoms. The van der Waals surface area contributed by atoms with Crippen molar-refractivity contribution in [2.24, 2.45) is 0 Å². The lowest BCUT2D eigenvalue weighted by molar-refractivity contribution is 0.481. The molecule has 0 saturated heterocycles. The van der Waals surface area contributed by atoms with Crippen LogP contribution in [0, 0.1) is 13.8 Å². The second kappa shape index (κ2) is 6.19. The minimum absolute atomic E-state index is 0.223. The maximum Gasteiger partial charge on any atom is 0.264 e. The molecule has 0 spiro atoms. The molecule has 2 aromatic carbocycles. The minimum atomic E-state index is -3.93. The summed E-state index contributed by atoms with van der Waals surface area (Å²) in [6.07, 6.45) is 0.380. The highest BCUT2D eigenvalue weighted by atomic mass is 32.2. The summed E-state index contributed by atoms with van der Waals surface area (Å²) in [5.41, 5.74) is 4.60. The molecule has 0 aliphatic carbocycles. The summed E-state index contributed by atoms with van der Waals surface area (Å²) in [5.74, 6) is -0.223. The summed E-state index contributed by atoms with van der Waals surface area (Å²) < 4.78 is 31.0. The molecule has 1 aliphatic heterocycles. The van der Waals surface area contributed by atoms with Gasteiger partial charge < -0.3 is 4.90 Å². The van der Waals surface area contributed by atoms with Crippen molar-refractivity contribution in [3.63, 3.8) is 0 Å². The van der Waals surface area contributed by atoms with Gasteiger partial charge in [0.05, 0.1) is 17.1 Å². The predicted octanol–water partition coefficient (Wildman–Crippen LogP) is 4.18. The number of benzene rings is 2. The molecule has 0 fully saturated rings. The fraction of sp³-hybridized carbons (Fsp3) is 0.294. The van der Waals surface area contributed by atoms with E-state index in [9.17, 15) is 8.42 Å². The van der Waals surface area contributed by atoms with Gasteiger partial charge in [-0.1, -0.05) is 36.0 Å². The van der Waals surface area contributed by atoms with Crippen molar-refractivity contribution in [3.05, 3.63) is 47.5 Å². The molecular weight excluding hydrogens is 330 g/mol. The van der Waals surface area contributed by atoms with Gasteiger partial charge in [-0.3, -0.25) is 4.55 Å². The first-order valence-corrected chi connectivity index (χ1v) is 9.89. The molecule has 0 radical (unpaired) electrons. The normalized spacial score (nSPS) is 13.6. The van der Waals surface area contributed by atoms with Crippen LogP contribution in [-0.2, 0) is 10.1 Å². The van der Waals surface area contributed by atoms with Gasteiger partial charge in [-0.05, 0) is 43.5 Å². The molecule has 0 unspecified atom stereocenters. The second-order valence-corrected chi connectivity index (χ2v) is 8.36. The zero-order valence-electron chi connectivity index (χ0n) is 13.1. The Morgan fingerprint density at radius 3 is 2.52 bits per heavy atom. The van der Waals surface area contributed by atoms with Crippen LogP contribution in [0.25, 0.3) is 0 Å². The van der Waals surface area contributed by atoms with Crippen molar-refractivity contribution >= 4 is 33.3 Å². The summed E-state index contributed by atoms with van der Waals surface area (Å²) in [6.45, 7) is 4.70. The van der Waals surface area contributed by atoms with E-state index in [1.54, 1.807) is 11.8 Å². The topological polar surface area (TPSA) is 57.6 Å². The Bertz CT molecular complexity index is 847. The van der Waals surface area contributed by atoms with Crippen LogP contribution in [0.15, 0.2) is 46.2 Å². The van der Waals surface area contributed by atoms with Gasteiger partial charge in [0.25, 0.3) is 10.1 Å². The first-order chi connectivity index (χ1) is 10.9. The van der Waals surface area contributed by atoms with Crippen LogP contribution in [0.4, 0.5) is 11.4 Å². The number of para-hydroxylation sites is 1. The Morgan fingerprint density at radius 1 is 1.09 bits per heavy atom. The fourth-order valence-electron chi connectivity index (χ4n) is 2.91. The third kappa shape index (κ3) is 3.39. The second-order valence-electron chi connectivity index (χ2n) is 5.74. The Labute approximate surface area is 141 Å². The SMILES string of the molecule is Cc1cccc2c1Sc1cccc(C)c1N2CCCS(=O)(=O)O. The molecule has 23 heavy (non-hydrogen) atoms. The molecule has 3 rings (SSSR count). The summed E-state index contributed by atoms with van der Waals surface area (Å²) in [5, 5.41) is 0. The number of hydrogen-bond acceptors (Lipinski definition) is 4. The van der Waals surface area contributed by atoms with Crippen LogP contribution in [0.2, 0.25) is 0 Å². The van der Waals surface area contributed by atoms with Crippen molar-refractivity contribution in [2.45, 2.75) is 30.1 Å². The lowest BCUT2D eigenvalue weighted by Crippen LogP contribution is -2.25. The summed E-state index contributed by atoms with van der Waals surface area (Å²) in [7, 11) is -3.93. The molecule has 0 atom stereocenters. The first kappa shape index (κ1) is 16.4. The van der Waals surface area contributed by atoms with E-state index in [1.807, 2.05) is 12.1 Å². The van der Waals surface area contributed by atoms with E-state index < -0.39 is 10.1 Å². The smallest absolute Gasteiger partial charge is 0.264 e. The molecule has 4 nitrogen and oxygen atoms in total. The zero-order chi connectivity index (χ0) is 16.6. The lowest BCUT2D eigenvalue weighted by Gasteiger charge is -2.34.